The van der Waals surface area contributed by atoms with Gasteiger partial charge in [-0.3, -0.25) is 0 Å². The Morgan fingerprint density at radius 2 is 2.22 bits per heavy atom. The Kier molecular flexibility index (Phi) is 6.53. The molecule has 1 saturated heterocycles. The van der Waals surface area contributed by atoms with E-state index in [0.717, 1.165) is 29.9 Å². The van der Waals surface area contributed by atoms with Crippen LogP contribution in [0.25, 0.3) is 0 Å². The summed E-state index contributed by atoms with van der Waals surface area (Å²) in [5, 5.41) is 6.61. The molecule has 2 aliphatic rings. The van der Waals surface area contributed by atoms with Gasteiger partial charge in [-0.05, 0) is 31.6 Å². The molecule has 1 aromatic heterocycles. The number of nitrogens with one attached hydrogen (secondary N) is 1. The minimum atomic E-state index is 0. The molecule has 7 heteroatoms. The van der Waals surface area contributed by atoms with Crippen LogP contribution in [0.1, 0.15) is 38.3 Å². The van der Waals surface area contributed by atoms with Crippen LogP contribution >= 0.6 is 35.3 Å². The molecule has 0 atom stereocenters. The maximum Gasteiger partial charge on any atom is 0.194 e. The maximum atomic E-state index is 4.82. The van der Waals surface area contributed by atoms with Gasteiger partial charge in [-0.1, -0.05) is 6.42 Å². The SMILES string of the molecule is CCNC(=NCc1csc(N(C)C)n1)N1CCC2(CCC2)C1.I. The number of nitrogens with zero attached hydrogens (tertiary/aromatic N) is 4. The molecule has 1 N–H and O–H groups in total. The van der Waals surface area contributed by atoms with Crippen LogP contribution in [0.3, 0.4) is 0 Å². The molecule has 0 amide bonds. The van der Waals surface area contributed by atoms with Crippen molar-refractivity contribution in [3.63, 3.8) is 0 Å². The molecule has 0 aromatic carbocycles. The molecule has 2 heterocycles. The van der Waals surface area contributed by atoms with Crippen molar-refractivity contribution in [1.29, 1.82) is 0 Å². The second-order valence-electron chi connectivity index (χ2n) is 6.71. The Morgan fingerprint density at radius 1 is 1.43 bits per heavy atom. The Labute approximate surface area is 160 Å². The Morgan fingerprint density at radius 3 is 2.74 bits per heavy atom. The van der Waals surface area contributed by atoms with Gasteiger partial charge in [0.25, 0.3) is 0 Å². The second-order valence-corrected chi connectivity index (χ2v) is 7.55. The largest absolute Gasteiger partial charge is 0.357 e. The highest BCUT2D eigenvalue weighted by Crippen LogP contribution is 2.47. The molecule has 5 nitrogen and oxygen atoms in total. The summed E-state index contributed by atoms with van der Waals surface area (Å²) in [6.45, 7) is 6.04. The zero-order chi connectivity index (χ0) is 15.6. The van der Waals surface area contributed by atoms with Crippen LogP contribution < -0.4 is 10.2 Å². The van der Waals surface area contributed by atoms with E-state index < -0.39 is 0 Å². The van der Waals surface area contributed by atoms with E-state index in [1.807, 2.05) is 19.0 Å². The van der Waals surface area contributed by atoms with Gasteiger partial charge in [0, 0.05) is 39.1 Å². The summed E-state index contributed by atoms with van der Waals surface area (Å²) in [7, 11) is 4.05. The number of likely N-dealkylation sites (tertiary alicyclic amines) is 1. The van der Waals surface area contributed by atoms with Crippen molar-refractivity contribution in [2.45, 2.75) is 39.2 Å². The molecule has 23 heavy (non-hydrogen) atoms. The molecule has 130 valence electrons. The van der Waals surface area contributed by atoms with Crippen LogP contribution in [-0.2, 0) is 6.54 Å². The number of aromatic nitrogens is 1. The Bertz CT molecular complexity index is 538. The highest BCUT2D eigenvalue weighted by atomic mass is 127. The second kappa shape index (κ2) is 8.00. The predicted molar refractivity (Wildman–Crippen MR) is 109 cm³/mol. The van der Waals surface area contributed by atoms with Gasteiger partial charge in [0.1, 0.15) is 0 Å². The third kappa shape index (κ3) is 4.29. The summed E-state index contributed by atoms with van der Waals surface area (Å²) >= 11 is 1.68. The topological polar surface area (TPSA) is 43.8 Å². The van der Waals surface area contributed by atoms with Gasteiger partial charge in [-0.25, -0.2) is 9.98 Å². The summed E-state index contributed by atoms with van der Waals surface area (Å²) in [6.07, 6.45) is 5.55. The minimum Gasteiger partial charge on any atom is -0.357 e. The third-order valence-corrected chi connectivity index (χ3v) is 5.86. The number of hydrogen-bond donors (Lipinski definition) is 1. The van der Waals surface area contributed by atoms with Crippen LogP contribution in [0, 0.1) is 5.41 Å². The van der Waals surface area contributed by atoms with E-state index >= 15 is 0 Å². The zero-order valence-corrected chi connectivity index (χ0v) is 17.5. The van der Waals surface area contributed by atoms with E-state index in [9.17, 15) is 0 Å². The van der Waals surface area contributed by atoms with E-state index in [2.05, 4.69) is 27.5 Å². The molecule has 1 aliphatic heterocycles. The van der Waals surface area contributed by atoms with Gasteiger partial charge >= 0.3 is 0 Å². The predicted octanol–water partition coefficient (Wildman–Crippen LogP) is 3.17. The molecule has 1 spiro atoms. The highest BCUT2D eigenvalue weighted by Gasteiger charge is 2.43. The Balaban J connectivity index is 0.00000192. The van der Waals surface area contributed by atoms with Crippen molar-refractivity contribution in [3.05, 3.63) is 11.1 Å². The van der Waals surface area contributed by atoms with Crippen molar-refractivity contribution in [3.8, 4) is 0 Å². The van der Waals surface area contributed by atoms with Crippen LogP contribution in [0.15, 0.2) is 10.4 Å². The molecule has 0 unspecified atom stereocenters. The smallest absolute Gasteiger partial charge is 0.194 e. The van der Waals surface area contributed by atoms with Crippen molar-refractivity contribution in [2.75, 3.05) is 38.6 Å². The lowest BCUT2D eigenvalue weighted by Gasteiger charge is -2.38. The fraction of sp³-hybridized carbons (Fsp3) is 0.750. The minimum absolute atomic E-state index is 0. The molecule has 1 aromatic rings. The van der Waals surface area contributed by atoms with Crippen LogP contribution in [-0.4, -0.2) is 49.6 Å². The average Bonchev–Trinajstić information content (AvgIpc) is 3.09. The van der Waals surface area contributed by atoms with Gasteiger partial charge < -0.3 is 15.1 Å². The lowest BCUT2D eigenvalue weighted by Crippen LogP contribution is -2.42. The van der Waals surface area contributed by atoms with E-state index in [4.69, 9.17) is 4.99 Å². The first-order valence-corrected chi connectivity index (χ1v) is 9.15. The summed E-state index contributed by atoms with van der Waals surface area (Å²) < 4.78 is 0. The monoisotopic (exact) mass is 449 g/mol. The maximum absolute atomic E-state index is 4.82. The van der Waals surface area contributed by atoms with Gasteiger partial charge in [0.15, 0.2) is 11.1 Å². The first-order valence-electron chi connectivity index (χ1n) is 8.27. The first kappa shape index (κ1) is 18.8. The number of rotatable bonds is 4. The third-order valence-electron chi connectivity index (χ3n) is 4.80. The molecule has 3 rings (SSSR count). The molecule has 2 fully saturated rings. The summed E-state index contributed by atoms with van der Waals surface area (Å²) in [6, 6.07) is 0. The molecular weight excluding hydrogens is 421 g/mol. The number of thiazole rings is 1. The van der Waals surface area contributed by atoms with Crippen molar-refractivity contribution in [1.82, 2.24) is 15.2 Å². The van der Waals surface area contributed by atoms with Crippen molar-refractivity contribution >= 4 is 46.4 Å². The molecule has 1 aliphatic carbocycles. The molecular formula is C16H28IN5S. The lowest BCUT2D eigenvalue weighted by molar-refractivity contribution is 0.151. The fourth-order valence-electron chi connectivity index (χ4n) is 3.36. The quantitative estimate of drug-likeness (QED) is 0.436. The summed E-state index contributed by atoms with van der Waals surface area (Å²) in [5.74, 6) is 1.06. The standard InChI is InChI=1S/C16H27N5S.HI/c1-4-17-14(21-9-8-16(12-21)6-5-7-16)18-10-13-11-22-15(19-13)20(2)3;/h11H,4-10,12H2,1-3H3,(H,17,18);1H. The number of aliphatic imine (C=N–C) groups is 1. The highest BCUT2D eigenvalue weighted by molar-refractivity contribution is 14.0. The van der Waals surface area contributed by atoms with Crippen LogP contribution in [0.2, 0.25) is 0 Å². The molecule has 0 radical (unpaired) electrons. The van der Waals surface area contributed by atoms with E-state index in [-0.39, 0.29) is 24.0 Å². The number of hydrogen-bond acceptors (Lipinski definition) is 4. The summed E-state index contributed by atoms with van der Waals surface area (Å²) in [5.41, 5.74) is 1.66. The van der Waals surface area contributed by atoms with Gasteiger partial charge in [-0.15, -0.1) is 35.3 Å². The van der Waals surface area contributed by atoms with Crippen molar-refractivity contribution in [2.24, 2.45) is 10.4 Å². The van der Waals surface area contributed by atoms with Gasteiger partial charge in [-0.2, -0.15) is 0 Å². The zero-order valence-electron chi connectivity index (χ0n) is 14.3. The number of guanidine groups is 1. The summed E-state index contributed by atoms with van der Waals surface area (Å²) in [4.78, 5) is 13.9. The molecule has 1 saturated carbocycles. The average molecular weight is 449 g/mol. The molecule has 0 bridgehead atoms. The number of halogens is 1. The van der Waals surface area contributed by atoms with E-state index in [1.165, 1.54) is 32.2 Å². The van der Waals surface area contributed by atoms with Gasteiger partial charge in [0.2, 0.25) is 0 Å². The first-order chi connectivity index (χ1) is 10.6. The lowest BCUT2D eigenvalue weighted by atomic mass is 9.68. The van der Waals surface area contributed by atoms with Gasteiger partial charge in [0.05, 0.1) is 12.2 Å². The normalized spacial score (nSPS) is 19.4. The fourth-order valence-corrected chi connectivity index (χ4v) is 4.11. The van der Waals surface area contributed by atoms with Crippen molar-refractivity contribution < 1.29 is 0 Å². The Hall–Kier alpha value is -0.570. The number of anilines is 1. The van der Waals surface area contributed by atoms with E-state index in [0.29, 0.717) is 12.0 Å². The van der Waals surface area contributed by atoms with E-state index in [1.54, 1.807) is 11.3 Å². The van der Waals surface area contributed by atoms with Crippen LogP contribution in [0.5, 0.6) is 0 Å². The van der Waals surface area contributed by atoms with Crippen LogP contribution in [0.4, 0.5) is 5.13 Å².